The van der Waals surface area contributed by atoms with Crippen molar-refractivity contribution in [1.29, 1.82) is 0 Å². The number of benzene rings is 1. The van der Waals surface area contributed by atoms with E-state index in [1.807, 2.05) is 4.57 Å². The number of carbonyl (C=O) groups is 1. The molecule has 2 aromatic heterocycles. The zero-order valence-corrected chi connectivity index (χ0v) is 19.0. The van der Waals surface area contributed by atoms with Crippen LogP contribution >= 0.6 is 0 Å². The summed E-state index contributed by atoms with van der Waals surface area (Å²) in [5, 5.41) is 13.4. The maximum atomic E-state index is 12.8. The summed E-state index contributed by atoms with van der Waals surface area (Å²) >= 11 is 0. The molecule has 33 heavy (non-hydrogen) atoms. The molecule has 1 atom stereocenters. The smallest absolute Gasteiger partial charge is 0.343 e. The lowest BCUT2D eigenvalue weighted by molar-refractivity contribution is -0.121. The Balaban J connectivity index is 2.00. The summed E-state index contributed by atoms with van der Waals surface area (Å²) in [5.41, 5.74) is -0.317. The molecule has 0 aliphatic heterocycles. The predicted molar refractivity (Wildman–Crippen MR) is 119 cm³/mol. The van der Waals surface area contributed by atoms with Crippen LogP contribution in [0, 0.1) is 6.92 Å². The van der Waals surface area contributed by atoms with Gasteiger partial charge in [-0.1, -0.05) is 6.07 Å². The Labute approximate surface area is 190 Å². The number of aromatic nitrogens is 2. The monoisotopic (exact) mass is 457 g/mol. The molecule has 176 valence electrons. The van der Waals surface area contributed by atoms with Gasteiger partial charge in [-0.3, -0.25) is 4.79 Å². The second-order valence-electron chi connectivity index (χ2n) is 7.27. The van der Waals surface area contributed by atoms with Gasteiger partial charge in [-0.25, -0.2) is 9.78 Å². The van der Waals surface area contributed by atoms with Gasteiger partial charge in [0.05, 0.1) is 33.2 Å². The number of carbonyl (C=O) groups excluding carboxylic acids is 1. The van der Waals surface area contributed by atoms with E-state index in [0.717, 1.165) is 0 Å². The lowest BCUT2D eigenvalue weighted by atomic mass is 9.87. The van der Waals surface area contributed by atoms with Crippen molar-refractivity contribution >= 4 is 5.91 Å². The number of amides is 1. The Hall–Kier alpha value is -3.95. The van der Waals surface area contributed by atoms with Gasteiger partial charge in [0, 0.05) is 49.5 Å². The summed E-state index contributed by atoms with van der Waals surface area (Å²) in [4.78, 5) is 29.6. The largest absolute Gasteiger partial charge is 0.507 e. The quantitative estimate of drug-likeness (QED) is 0.475. The summed E-state index contributed by atoms with van der Waals surface area (Å²) in [6.07, 6.45) is 4.95. The maximum absolute atomic E-state index is 12.8. The van der Waals surface area contributed by atoms with E-state index in [4.69, 9.17) is 18.6 Å². The molecular weight excluding hydrogens is 430 g/mol. The predicted octanol–water partition coefficient (Wildman–Crippen LogP) is 2.21. The van der Waals surface area contributed by atoms with Gasteiger partial charge in [-0.05, 0) is 13.0 Å². The summed E-state index contributed by atoms with van der Waals surface area (Å²) in [5.74, 6) is -0.199. The van der Waals surface area contributed by atoms with Crippen LogP contribution < -0.4 is 25.2 Å². The van der Waals surface area contributed by atoms with Gasteiger partial charge in [0.2, 0.25) is 11.7 Å². The number of rotatable bonds is 10. The molecule has 0 unspecified atom stereocenters. The standard InChI is InChI=1S/C23H27N3O7/c1-14-11-17(27)20(23(29)33-14)16(12-19(28)25-8-10-26-9-7-24-13-26)15-5-6-18(30-2)22(32-4)21(15)31-3/h5-7,9,11,13,16,27H,8,10,12H2,1-4H3,(H,25,28)/t16-/m0/s1. The molecule has 0 spiro atoms. The lowest BCUT2D eigenvalue weighted by Gasteiger charge is -2.22. The Kier molecular flexibility index (Phi) is 7.60. The number of imidazole rings is 1. The molecule has 0 bridgehead atoms. The number of nitrogens with one attached hydrogen (secondary N) is 1. The van der Waals surface area contributed by atoms with Crippen molar-refractivity contribution in [2.75, 3.05) is 27.9 Å². The fourth-order valence-corrected chi connectivity index (χ4v) is 3.69. The van der Waals surface area contributed by atoms with Crippen LogP contribution in [-0.2, 0) is 11.3 Å². The van der Waals surface area contributed by atoms with Crippen LogP contribution in [0.1, 0.15) is 29.2 Å². The molecule has 1 aromatic carbocycles. The van der Waals surface area contributed by atoms with Gasteiger partial charge in [0.25, 0.3) is 0 Å². The molecule has 3 aromatic rings. The van der Waals surface area contributed by atoms with Crippen LogP contribution in [0.15, 0.2) is 46.1 Å². The van der Waals surface area contributed by atoms with Crippen molar-refractivity contribution in [3.05, 3.63) is 64.2 Å². The van der Waals surface area contributed by atoms with Gasteiger partial charge in [-0.15, -0.1) is 0 Å². The van der Waals surface area contributed by atoms with Crippen LogP contribution in [0.3, 0.4) is 0 Å². The number of hydrogen-bond acceptors (Lipinski definition) is 8. The summed E-state index contributed by atoms with van der Waals surface area (Å²) in [6.45, 7) is 2.45. The van der Waals surface area contributed by atoms with Gasteiger partial charge in [0.1, 0.15) is 11.5 Å². The van der Waals surface area contributed by atoms with Crippen molar-refractivity contribution in [2.45, 2.75) is 25.8 Å². The number of hydrogen-bond donors (Lipinski definition) is 2. The van der Waals surface area contributed by atoms with Crippen LogP contribution in [0.2, 0.25) is 0 Å². The van der Waals surface area contributed by atoms with E-state index >= 15 is 0 Å². The number of aryl methyl sites for hydroxylation is 1. The molecular formula is C23H27N3O7. The van der Waals surface area contributed by atoms with E-state index in [-0.39, 0.29) is 35.2 Å². The first-order valence-corrected chi connectivity index (χ1v) is 10.2. The maximum Gasteiger partial charge on any atom is 0.343 e. The van der Waals surface area contributed by atoms with Crippen molar-refractivity contribution in [3.63, 3.8) is 0 Å². The van der Waals surface area contributed by atoms with E-state index < -0.39 is 11.5 Å². The SMILES string of the molecule is COc1ccc([C@H](CC(=O)NCCn2ccnc2)c2c(O)cc(C)oc2=O)c(OC)c1OC. The highest BCUT2D eigenvalue weighted by atomic mass is 16.5. The van der Waals surface area contributed by atoms with E-state index in [1.54, 1.807) is 37.8 Å². The number of ether oxygens (including phenoxy) is 3. The van der Waals surface area contributed by atoms with Crippen molar-refractivity contribution in [2.24, 2.45) is 0 Å². The van der Waals surface area contributed by atoms with Gasteiger partial charge >= 0.3 is 5.63 Å². The van der Waals surface area contributed by atoms with E-state index in [0.29, 0.717) is 30.2 Å². The zero-order chi connectivity index (χ0) is 24.0. The van der Waals surface area contributed by atoms with Crippen LogP contribution in [0.5, 0.6) is 23.0 Å². The minimum absolute atomic E-state index is 0.0455. The third kappa shape index (κ3) is 5.28. The van der Waals surface area contributed by atoms with Crippen LogP contribution in [0.25, 0.3) is 0 Å². The molecule has 0 aliphatic carbocycles. The van der Waals surface area contributed by atoms with E-state index in [9.17, 15) is 14.7 Å². The van der Waals surface area contributed by atoms with E-state index in [1.165, 1.54) is 27.4 Å². The summed E-state index contributed by atoms with van der Waals surface area (Å²) in [6, 6.07) is 4.66. The Morgan fingerprint density at radius 2 is 1.97 bits per heavy atom. The fraction of sp³-hybridized carbons (Fsp3) is 0.348. The topological polar surface area (TPSA) is 125 Å². The van der Waals surface area contributed by atoms with Crippen molar-refractivity contribution in [1.82, 2.24) is 14.9 Å². The minimum Gasteiger partial charge on any atom is -0.507 e. The number of nitrogens with zero attached hydrogens (tertiary/aromatic N) is 2. The average Bonchev–Trinajstić information content (AvgIpc) is 3.30. The third-order valence-corrected chi connectivity index (χ3v) is 5.19. The molecule has 2 N–H and O–H groups in total. The first kappa shape index (κ1) is 23.7. The number of methoxy groups -OCH3 is 3. The molecule has 3 rings (SSSR count). The van der Waals surface area contributed by atoms with Gasteiger partial charge in [-0.2, -0.15) is 0 Å². The highest BCUT2D eigenvalue weighted by Gasteiger charge is 2.30. The molecule has 1 amide bonds. The molecule has 0 saturated carbocycles. The van der Waals surface area contributed by atoms with Crippen molar-refractivity contribution in [3.8, 4) is 23.0 Å². The highest BCUT2D eigenvalue weighted by Crippen LogP contribution is 2.45. The molecule has 10 heteroatoms. The molecule has 0 fully saturated rings. The van der Waals surface area contributed by atoms with Crippen LogP contribution in [-0.4, -0.2) is 48.4 Å². The number of aromatic hydroxyl groups is 1. The lowest BCUT2D eigenvalue weighted by Crippen LogP contribution is -2.29. The normalized spacial score (nSPS) is 11.6. The molecule has 10 nitrogen and oxygen atoms in total. The Morgan fingerprint density at radius 3 is 2.58 bits per heavy atom. The van der Waals surface area contributed by atoms with Gasteiger partial charge < -0.3 is 33.6 Å². The highest BCUT2D eigenvalue weighted by molar-refractivity contribution is 5.78. The first-order valence-electron chi connectivity index (χ1n) is 10.2. The van der Waals surface area contributed by atoms with E-state index in [2.05, 4.69) is 10.3 Å². The third-order valence-electron chi connectivity index (χ3n) is 5.19. The van der Waals surface area contributed by atoms with Crippen LogP contribution in [0.4, 0.5) is 0 Å². The fourth-order valence-electron chi connectivity index (χ4n) is 3.69. The molecule has 2 heterocycles. The van der Waals surface area contributed by atoms with Gasteiger partial charge in [0.15, 0.2) is 11.5 Å². The minimum atomic E-state index is -0.871. The molecule has 0 aliphatic rings. The first-order chi connectivity index (χ1) is 15.9. The second-order valence-corrected chi connectivity index (χ2v) is 7.27. The molecule has 0 radical (unpaired) electrons. The average molecular weight is 457 g/mol. The summed E-state index contributed by atoms with van der Waals surface area (Å²) in [7, 11) is 4.39. The second kappa shape index (κ2) is 10.6. The Morgan fingerprint density at radius 1 is 1.21 bits per heavy atom. The summed E-state index contributed by atoms with van der Waals surface area (Å²) < 4.78 is 23.4. The molecule has 0 saturated heterocycles. The van der Waals surface area contributed by atoms with Crippen molar-refractivity contribution < 1.29 is 28.5 Å². The Bertz CT molecular complexity index is 1160. The zero-order valence-electron chi connectivity index (χ0n) is 19.0.